The third kappa shape index (κ3) is 2.28. The minimum atomic E-state index is -3.27. The van der Waals surface area contributed by atoms with E-state index >= 15 is 0 Å². The Labute approximate surface area is 96.4 Å². The zero-order valence-corrected chi connectivity index (χ0v) is 10.1. The second kappa shape index (κ2) is 4.55. The smallest absolute Gasteiger partial charge is 0.207 e. The summed E-state index contributed by atoms with van der Waals surface area (Å²) < 4.78 is 29.3. The van der Waals surface area contributed by atoms with Crippen molar-refractivity contribution in [3.05, 3.63) is 30.3 Å². The van der Waals surface area contributed by atoms with Crippen molar-refractivity contribution in [2.75, 3.05) is 0 Å². The van der Waals surface area contributed by atoms with Crippen LogP contribution in [0.5, 0.6) is 0 Å². The van der Waals surface area contributed by atoms with Gasteiger partial charge < -0.3 is 4.74 Å². The van der Waals surface area contributed by atoms with Crippen molar-refractivity contribution >= 4 is 9.84 Å². The van der Waals surface area contributed by atoms with Crippen LogP contribution in [0.15, 0.2) is 35.2 Å². The summed E-state index contributed by atoms with van der Waals surface area (Å²) in [7, 11) is -3.27. The highest BCUT2D eigenvalue weighted by Gasteiger charge is 2.49. The van der Waals surface area contributed by atoms with Crippen LogP contribution in [0.25, 0.3) is 0 Å². The number of benzene rings is 1. The Morgan fingerprint density at radius 2 is 1.94 bits per heavy atom. The summed E-state index contributed by atoms with van der Waals surface area (Å²) in [5.41, 5.74) is -0.610. The second-order valence-electron chi connectivity index (χ2n) is 4.04. The molecule has 0 bridgehead atoms. The number of sulfone groups is 1. The third-order valence-corrected chi connectivity index (χ3v) is 4.71. The van der Waals surface area contributed by atoms with Gasteiger partial charge in [0.25, 0.3) is 0 Å². The van der Waals surface area contributed by atoms with Crippen LogP contribution in [-0.4, -0.2) is 20.0 Å². The molecule has 1 aromatic rings. The van der Waals surface area contributed by atoms with Crippen LogP contribution in [0.2, 0.25) is 0 Å². The molecule has 3 nitrogen and oxygen atoms in total. The van der Waals surface area contributed by atoms with E-state index in [1.807, 2.05) is 0 Å². The fourth-order valence-electron chi connectivity index (χ4n) is 1.75. The number of hydrogen-bond acceptors (Lipinski definition) is 3. The van der Waals surface area contributed by atoms with Crippen LogP contribution in [0, 0.1) is 0 Å². The normalized spacial score (nSPS) is 24.3. The number of ether oxygens (including phenoxy) is 1. The average molecular weight is 240 g/mol. The summed E-state index contributed by atoms with van der Waals surface area (Å²) in [6.45, 7) is 2.09. The van der Waals surface area contributed by atoms with E-state index in [9.17, 15) is 8.42 Å². The first-order chi connectivity index (χ1) is 7.66. The van der Waals surface area contributed by atoms with E-state index in [0.29, 0.717) is 4.90 Å². The van der Waals surface area contributed by atoms with E-state index in [-0.39, 0.29) is 6.10 Å². The molecule has 0 aromatic heterocycles. The number of rotatable bonds is 5. The van der Waals surface area contributed by atoms with Crippen molar-refractivity contribution in [2.45, 2.75) is 42.6 Å². The van der Waals surface area contributed by atoms with Crippen LogP contribution in [0.3, 0.4) is 0 Å². The van der Waals surface area contributed by atoms with Gasteiger partial charge in [-0.2, -0.15) is 0 Å². The molecule has 0 aliphatic carbocycles. The minimum absolute atomic E-state index is 0.0924. The van der Waals surface area contributed by atoms with E-state index in [1.54, 1.807) is 30.3 Å². The maximum atomic E-state index is 12.0. The van der Waals surface area contributed by atoms with Gasteiger partial charge in [0.05, 0.1) is 4.90 Å². The van der Waals surface area contributed by atoms with Gasteiger partial charge in [-0.3, -0.25) is 0 Å². The molecular weight excluding hydrogens is 224 g/mol. The maximum Gasteiger partial charge on any atom is 0.207 e. The van der Waals surface area contributed by atoms with Crippen molar-refractivity contribution in [1.82, 2.24) is 0 Å². The van der Waals surface area contributed by atoms with Crippen LogP contribution in [0.4, 0.5) is 0 Å². The quantitative estimate of drug-likeness (QED) is 0.742. The summed E-state index contributed by atoms with van der Waals surface area (Å²) >= 11 is 0. The Balaban J connectivity index is 2.06. The van der Waals surface area contributed by atoms with Gasteiger partial charge in [-0.1, -0.05) is 38.0 Å². The van der Waals surface area contributed by atoms with E-state index < -0.39 is 15.3 Å². The van der Waals surface area contributed by atoms with Crippen LogP contribution < -0.4 is 0 Å². The van der Waals surface area contributed by atoms with Crippen molar-refractivity contribution in [3.63, 3.8) is 0 Å². The van der Waals surface area contributed by atoms with Gasteiger partial charge >= 0.3 is 0 Å². The number of hydrogen-bond donors (Lipinski definition) is 0. The topological polar surface area (TPSA) is 46.7 Å². The summed E-state index contributed by atoms with van der Waals surface area (Å²) in [4.78, 5) is 0.360. The number of epoxide rings is 1. The Kier molecular flexibility index (Phi) is 3.30. The summed E-state index contributed by atoms with van der Waals surface area (Å²) in [6.07, 6.45) is 2.83. The number of unbranched alkanes of at least 4 members (excludes halogenated alkanes) is 1. The molecule has 1 aliphatic heterocycles. The Morgan fingerprint density at radius 3 is 2.56 bits per heavy atom. The van der Waals surface area contributed by atoms with Gasteiger partial charge in [0.15, 0.2) is 5.44 Å². The molecular formula is C12H16O3S. The fourth-order valence-corrected chi connectivity index (χ4v) is 3.38. The standard InChI is InChI=1S/C12H16O3S/c1-2-3-9-11-12(15-11)16(13,14)10-7-5-4-6-8-10/h4-8,11-12H,2-3,9H2,1H3/t11-,12-/m0/s1. The van der Waals surface area contributed by atoms with Gasteiger partial charge in [-0.25, -0.2) is 8.42 Å². The summed E-state index contributed by atoms with van der Waals surface area (Å²) in [6, 6.07) is 8.51. The second-order valence-corrected chi connectivity index (χ2v) is 6.07. The first kappa shape index (κ1) is 11.6. The molecule has 2 rings (SSSR count). The molecule has 0 N–H and O–H groups in total. The summed E-state index contributed by atoms with van der Waals surface area (Å²) in [5.74, 6) is 0. The Morgan fingerprint density at radius 1 is 1.25 bits per heavy atom. The largest absolute Gasteiger partial charge is 0.352 e. The van der Waals surface area contributed by atoms with E-state index in [4.69, 9.17) is 4.74 Å². The van der Waals surface area contributed by atoms with Gasteiger partial charge in [0.1, 0.15) is 6.10 Å². The highest BCUT2D eigenvalue weighted by molar-refractivity contribution is 7.92. The zero-order chi connectivity index (χ0) is 11.6. The summed E-state index contributed by atoms with van der Waals surface area (Å²) in [5, 5.41) is 0. The molecule has 0 radical (unpaired) electrons. The molecule has 2 atom stereocenters. The lowest BCUT2D eigenvalue weighted by molar-refractivity contribution is 0.379. The molecule has 0 spiro atoms. The molecule has 1 aromatic carbocycles. The Hall–Kier alpha value is -0.870. The lowest BCUT2D eigenvalue weighted by Crippen LogP contribution is -2.11. The van der Waals surface area contributed by atoms with Gasteiger partial charge in [-0.15, -0.1) is 0 Å². The first-order valence-corrected chi connectivity index (χ1v) is 7.15. The van der Waals surface area contributed by atoms with Crippen molar-refractivity contribution in [2.24, 2.45) is 0 Å². The molecule has 1 fully saturated rings. The van der Waals surface area contributed by atoms with E-state index in [1.165, 1.54) is 0 Å². The van der Waals surface area contributed by atoms with Crippen LogP contribution in [0.1, 0.15) is 26.2 Å². The monoisotopic (exact) mass is 240 g/mol. The molecule has 0 saturated carbocycles. The van der Waals surface area contributed by atoms with Crippen LogP contribution in [-0.2, 0) is 14.6 Å². The highest BCUT2D eigenvalue weighted by Crippen LogP contribution is 2.35. The van der Waals surface area contributed by atoms with Gasteiger partial charge in [-0.05, 0) is 18.6 Å². The Bertz CT molecular complexity index is 439. The molecule has 1 saturated heterocycles. The molecule has 1 aliphatic rings. The average Bonchev–Trinajstić information content (AvgIpc) is 3.07. The maximum absolute atomic E-state index is 12.0. The van der Waals surface area contributed by atoms with Gasteiger partial charge in [0, 0.05) is 0 Å². The van der Waals surface area contributed by atoms with Gasteiger partial charge in [0.2, 0.25) is 9.84 Å². The van der Waals surface area contributed by atoms with E-state index in [2.05, 4.69) is 6.92 Å². The van der Waals surface area contributed by atoms with Crippen molar-refractivity contribution in [1.29, 1.82) is 0 Å². The molecule has 1 heterocycles. The lowest BCUT2D eigenvalue weighted by Gasteiger charge is -1.99. The van der Waals surface area contributed by atoms with Crippen molar-refractivity contribution < 1.29 is 13.2 Å². The van der Waals surface area contributed by atoms with E-state index in [0.717, 1.165) is 19.3 Å². The van der Waals surface area contributed by atoms with Crippen molar-refractivity contribution in [3.8, 4) is 0 Å². The fraction of sp³-hybridized carbons (Fsp3) is 0.500. The molecule has 4 heteroatoms. The predicted octanol–water partition coefficient (Wildman–Crippen LogP) is 2.38. The molecule has 0 amide bonds. The highest BCUT2D eigenvalue weighted by atomic mass is 32.2. The molecule has 88 valence electrons. The lowest BCUT2D eigenvalue weighted by atomic mass is 10.2. The zero-order valence-electron chi connectivity index (χ0n) is 9.30. The first-order valence-electron chi connectivity index (χ1n) is 5.60. The molecule has 16 heavy (non-hydrogen) atoms. The molecule has 0 unspecified atom stereocenters. The van der Waals surface area contributed by atoms with Crippen LogP contribution >= 0.6 is 0 Å². The SMILES string of the molecule is CCCC[C@@H]1O[C@H]1S(=O)(=O)c1ccccc1. The predicted molar refractivity (Wildman–Crippen MR) is 61.8 cm³/mol. The third-order valence-electron chi connectivity index (χ3n) is 2.76. The minimum Gasteiger partial charge on any atom is -0.352 e.